The Balaban J connectivity index is 1.58. The fourth-order valence-corrected chi connectivity index (χ4v) is 4.01. The normalized spacial score (nSPS) is 24.2. The highest BCUT2D eigenvalue weighted by molar-refractivity contribution is 5.79. The summed E-state index contributed by atoms with van der Waals surface area (Å²) in [5.41, 5.74) is -0.636. The first-order valence-corrected chi connectivity index (χ1v) is 9.14. The lowest BCUT2D eigenvalue weighted by molar-refractivity contribution is -0.125. The van der Waals surface area contributed by atoms with Gasteiger partial charge in [0.05, 0.1) is 19.2 Å². The SMILES string of the molecule is N#CC1(NC(=O)CN2CCCC[C@H]2Cn2cccn2)CCCCC1. The molecule has 2 heterocycles. The van der Waals surface area contributed by atoms with Crippen molar-refractivity contribution in [1.82, 2.24) is 20.0 Å². The van der Waals surface area contributed by atoms with Gasteiger partial charge in [0.25, 0.3) is 0 Å². The van der Waals surface area contributed by atoms with Crippen molar-refractivity contribution in [3.63, 3.8) is 0 Å². The van der Waals surface area contributed by atoms with Crippen molar-refractivity contribution in [2.45, 2.75) is 69.5 Å². The number of nitrogens with one attached hydrogen (secondary N) is 1. The number of nitrogens with zero attached hydrogens (tertiary/aromatic N) is 4. The van der Waals surface area contributed by atoms with Crippen LogP contribution in [0.4, 0.5) is 0 Å². The number of hydrogen-bond donors (Lipinski definition) is 1. The van der Waals surface area contributed by atoms with Crippen LogP contribution in [0.1, 0.15) is 51.4 Å². The van der Waals surface area contributed by atoms with Crippen LogP contribution in [0.15, 0.2) is 18.5 Å². The predicted octanol–water partition coefficient (Wildman–Crippen LogP) is 2.08. The maximum Gasteiger partial charge on any atom is 0.235 e. The Morgan fingerprint density at radius 3 is 2.83 bits per heavy atom. The van der Waals surface area contributed by atoms with Gasteiger partial charge in [-0.3, -0.25) is 14.4 Å². The number of amides is 1. The number of likely N-dealkylation sites (tertiary alicyclic amines) is 1. The zero-order valence-corrected chi connectivity index (χ0v) is 14.3. The van der Waals surface area contributed by atoms with Crippen LogP contribution in [0, 0.1) is 11.3 Å². The molecule has 0 bridgehead atoms. The van der Waals surface area contributed by atoms with E-state index in [2.05, 4.69) is 21.4 Å². The van der Waals surface area contributed by atoms with Gasteiger partial charge >= 0.3 is 0 Å². The molecular weight excluding hydrogens is 302 g/mol. The second kappa shape index (κ2) is 7.80. The van der Waals surface area contributed by atoms with E-state index >= 15 is 0 Å². The van der Waals surface area contributed by atoms with E-state index in [1.165, 1.54) is 6.42 Å². The largest absolute Gasteiger partial charge is 0.337 e. The third-order valence-corrected chi connectivity index (χ3v) is 5.35. The molecule has 1 aromatic rings. The summed E-state index contributed by atoms with van der Waals surface area (Å²) in [5, 5.41) is 16.9. The Labute approximate surface area is 143 Å². The summed E-state index contributed by atoms with van der Waals surface area (Å²) >= 11 is 0. The number of aromatic nitrogens is 2. The van der Waals surface area contributed by atoms with Gasteiger partial charge in [-0.1, -0.05) is 25.7 Å². The monoisotopic (exact) mass is 329 g/mol. The molecular formula is C18H27N5O. The zero-order chi connectivity index (χ0) is 16.8. The highest BCUT2D eigenvalue weighted by Crippen LogP contribution is 2.27. The zero-order valence-electron chi connectivity index (χ0n) is 14.3. The number of nitriles is 1. The predicted molar refractivity (Wildman–Crippen MR) is 91.0 cm³/mol. The van der Waals surface area contributed by atoms with Gasteiger partial charge in [-0.25, -0.2) is 0 Å². The van der Waals surface area contributed by atoms with Gasteiger partial charge in [-0.2, -0.15) is 10.4 Å². The molecule has 0 aromatic carbocycles. The van der Waals surface area contributed by atoms with Crippen molar-refractivity contribution in [2.75, 3.05) is 13.1 Å². The first kappa shape index (κ1) is 17.0. The summed E-state index contributed by atoms with van der Waals surface area (Å²) in [7, 11) is 0. The lowest BCUT2D eigenvalue weighted by Crippen LogP contribution is -2.54. The highest BCUT2D eigenvalue weighted by Gasteiger charge is 2.34. The van der Waals surface area contributed by atoms with E-state index < -0.39 is 5.54 Å². The maximum atomic E-state index is 12.6. The maximum absolute atomic E-state index is 12.6. The number of hydrogen-bond acceptors (Lipinski definition) is 4. The van der Waals surface area contributed by atoms with E-state index in [0.717, 1.165) is 58.0 Å². The van der Waals surface area contributed by atoms with Gasteiger partial charge in [-0.15, -0.1) is 0 Å². The Hall–Kier alpha value is -1.87. The summed E-state index contributed by atoms with van der Waals surface area (Å²) in [6, 6.07) is 4.64. The van der Waals surface area contributed by atoms with Gasteiger partial charge in [-0.05, 0) is 38.3 Å². The molecule has 0 unspecified atom stereocenters. The second-order valence-corrected chi connectivity index (χ2v) is 7.15. The number of piperidine rings is 1. The molecule has 3 rings (SSSR count). The van der Waals surface area contributed by atoms with E-state index in [1.807, 2.05) is 16.9 Å². The molecule has 2 aliphatic rings. The minimum atomic E-state index is -0.636. The van der Waals surface area contributed by atoms with Gasteiger partial charge < -0.3 is 5.32 Å². The van der Waals surface area contributed by atoms with Gasteiger partial charge in [0, 0.05) is 18.4 Å². The molecule has 1 aliphatic carbocycles. The van der Waals surface area contributed by atoms with Crippen LogP contribution in [-0.2, 0) is 11.3 Å². The van der Waals surface area contributed by atoms with Crippen molar-refractivity contribution in [1.29, 1.82) is 5.26 Å². The molecule has 6 heteroatoms. The average molecular weight is 329 g/mol. The van der Waals surface area contributed by atoms with Crippen LogP contribution in [0.2, 0.25) is 0 Å². The molecule has 24 heavy (non-hydrogen) atoms. The van der Waals surface area contributed by atoms with E-state index in [-0.39, 0.29) is 5.91 Å². The molecule has 1 saturated carbocycles. The summed E-state index contributed by atoms with van der Waals surface area (Å²) < 4.78 is 1.94. The first-order chi connectivity index (χ1) is 11.7. The van der Waals surface area contributed by atoms with Gasteiger partial charge in [0.15, 0.2) is 0 Å². The van der Waals surface area contributed by atoms with Gasteiger partial charge in [0.1, 0.15) is 5.54 Å². The topological polar surface area (TPSA) is 74.0 Å². The Morgan fingerprint density at radius 1 is 1.29 bits per heavy atom. The summed E-state index contributed by atoms with van der Waals surface area (Å²) in [4.78, 5) is 14.8. The summed E-state index contributed by atoms with van der Waals surface area (Å²) in [6.45, 7) is 2.15. The van der Waals surface area contributed by atoms with E-state index in [1.54, 1.807) is 6.20 Å². The van der Waals surface area contributed by atoms with Crippen LogP contribution in [-0.4, -0.2) is 45.3 Å². The van der Waals surface area contributed by atoms with Crippen LogP contribution >= 0.6 is 0 Å². The molecule has 6 nitrogen and oxygen atoms in total. The van der Waals surface area contributed by atoms with E-state index in [4.69, 9.17) is 0 Å². The summed E-state index contributed by atoms with van der Waals surface area (Å²) in [5.74, 6) is -0.00850. The van der Waals surface area contributed by atoms with Crippen molar-refractivity contribution in [3.8, 4) is 6.07 Å². The van der Waals surface area contributed by atoms with Crippen LogP contribution in [0.5, 0.6) is 0 Å². The second-order valence-electron chi connectivity index (χ2n) is 7.15. The minimum Gasteiger partial charge on any atom is -0.337 e. The Morgan fingerprint density at radius 2 is 2.12 bits per heavy atom. The van der Waals surface area contributed by atoms with Crippen LogP contribution in [0.25, 0.3) is 0 Å². The summed E-state index contributed by atoms with van der Waals surface area (Å²) in [6.07, 6.45) is 12.0. The number of carbonyl (C=O) groups excluding carboxylic acids is 1. The van der Waals surface area contributed by atoms with Crippen LogP contribution in [0.3, 0.4) is 0 Å². The smallest absolute Gasteiger partial charge is 0.235 e. The quantitative estimate of drug-likeness (QED) is 0.897. The van der Waals surface area contributed by atoms with E-state index in [0.29, 0.717) is 12.6 Å². The van der Waals surface area contributed by atoms with Crippen molar-refractivity contribution < 1.29 is 4.79 Å². The lowest BCUT2D eigenvalue weighted by Gasteiger charge is -2.37. The van der Waals surface area contributed by atoms with Gasteiger partial charge in [0.2, 0.25) is 5.91 Å². The molecule has 0 spiro atoms. The number of rotatable bonds is 5. The number of carbonyl (C=O) groups is 1. The molecule has 1 saturated heterocycles. The fourth-order valence-electron chi connectivity index (χ4n) is 4.01. The highest BCUT2D eigenvalue weighted by atomic mass is 16.2. The molecule has 1 N–H and O–H groups in total. The van der Waals surface area contributed by atoms with Crippen molar-refractivity contribution >= 4 is 5.91 Å². The van der Waals surface area contributed by atoms with Crippen molar-refractivity contribution in [3.05, 3.63) is 18.5 Å². The minimum absolute atomic E-state index is 0.00850. The third kappa shape index (κ3) is 4.15. The molecule has 1 atom stereocenters. The standard InChI is InChI=1S/C18H27N5O/c19-15-18(8-3-1-4-9-18)21-17(24)14-22-11-5-2-7-16(22)13-23-12-6-10-20-23/h6,10,12,16H,1-5,7-9,11,13-14H2,(H,21,24)/t16-/m0/s1. The first-order valence-electron chi connectivity index (χ1n) is 9.14. The molecule has 1 aromatic heterocycles. The van der Waals surface area contributed by atoms with Crippen molar-refractivity contribution in [2.24, 2.45) is 0 Å². The molecule has 1 aliphatic heterocycles. The Bertz CT molecular complexity index is 571. The van der Waals surface area contributed by atoms with Crippen LogP contribution < -0.4 is 5.32 Å². The Kier molecular flexibility index (Phi) is 5.52. The fraction of sp³-hybridized carbons (Fsp3) is 0.722. The molecule has 130 valence electrons. The third-order valence-electron chi connectivity index (χ3n) is 5.35. The van der Waals surface area contributed by atoms with E-state index in [9.17, 15) is 10.1 Å². The lowest BCUT2D eigenvalue weighted by atomic mass is 9.83. The molecule has 2 fully saturated rings. The molecule has 0 radical (unpaired) electrons. The molecule has 1 amide bonds. The average Bonchev–Trinajstić information content (AvgIpc) is 3.10.